The fraction of sp³-hybridized carbons (Fsp3) is 0.348. The van der Waals surface area contributed by atoms with E-state index in [0.717, 1.165) is 10.5 Å². The van der Waals surface area contributed by atoms with E-state index in [1.54, 1.807) is 18.2 Å². The molecule has 4 rings (SSSR count). The van der Waals surface area contributed by atoms with Crippen LogP contribution in [0.5, 0.6) is 11.5 Å². The molecule has 2 aromatic carbocycles. The molecule has 2 heterocycles. The molecule has 31 heavy (non-hydrogen) atoms. The van der Waals surface area contributed by atoms with Crippen LogP contribution in [-0.4, -0.2) is 43.1 Å². The number of anilines is 1. The van der Waals surface area contributed by atoms with E-state index in [4.69, 9.17) is 9.47 Å². The molecule has 2 aliphatic rings. The number of amides is 4. The molecule has 0 radical (unpaired) electrons. The third-order valence-electron chi connectivity index (χ3n) is 5.32. The van der Waals surface area contributed by atoms with Crippen LogP contribution in [0.4, 0.5) is 10.5 Å². The Hall–Kier alpha value is -3.55. The highest BCUT2D eigenvalue weighted by molar-refractivity contribution is 6.22. The van der Waals surface area contributed by atoms with Gasteiger partial charge >= 0.3 is 6.03 Å². The van der Waals surface area contributed by atoms with Gasteiger partial charge < -0.3 is 20.1 Å². The van der Waals surface area contributed by atoms with E-state index in [-0.39, 0.29) is 25.0 Å². The van der Waals surface area contributed by atoms with E-state index in [2.05, 4.69) is 24.5 Å². The summed E-state index contributed by atoms with van der Waals surface area (Å²) in [5.74, 6) is 0.860. The zero-order valence-electron chi connectivity index (χ0n) is 17.5. The van der Waals surface area contributed by atoms with Crippen molar-refractivity contribution in [3.63, 3.8) is 0 Å². The summed E-state index contributed by atoms with van der Waals surface area (Å²) in [6.45, 7) is 4.69. The zero-order chi connectivity index (χ0) is 22.0. The molecule has 0 unspecified atom stereocenters. The van der Waals surface area contributed by atoms with Crippen molar-refractivity contribution in [2.24, 2.45) is 0 Å². The predicted octanol–water partition coefficient (Wildman–Crippen LogP) is 2.58. The first-order valence-electron chi connectivity index (χ1n) is 10.3. The minimum Gasteiger partial charge on any atom is -0.486 e. The molecule has 0 saturated carbocycles. The fourth-order valence-electron chi connectivity index (χ4n) is 3.57. The number of fused-ring (bicyclic) bond motifs is 1. The van der Waals surface area contributed by atoms with Crippen molar-refractivity contribution >= 4 is 23.5 Å². The van der Waals surface area contributed by atoms with Crippen molar-refractivity contribution in [2.75, 3.05) is 18.1 Å². The van der Waals surface area contributed by atoms with Crippen LogP contribution in [0.1, 0.15) is 31.7 Å². The summed E-state index contributed by atoms with van der Waals surface area (Å²) in [5, 5.41) is 5.35. The smallest absolute Gasteiger partial charge is 0.329 e. The number of nitrogens with one attached hydrogen (secondary N) is 2. The second-order valence-corrected chi connectivity index (χ2v) is 7.93. The van der Waals surface area contributed by atoms with Gasteiger partial charge in [-0.15, -0.1) is 0 Å². The monoisotopic (exact) mass is 423 g/mol. The van der Waals surface area contributed by atoms with Crippen molar-refractivity contribution in [3.8, 4) is 11.5 Å². The Bertz CT molecular complexity index is 989. The normalized spacial score (nSPS) is 20.0. The Kier molecular flexibility index (Phi) is 5.79. The molecule has 162 valence electrons. The number of carbonyl (C=O) groups is 3. The van der Waals surface area contributed by atoms with E-state index in [1.165, 1.54) is 0 Å². The maximum atomic E-state index is 12.7. The number of carbonyl (C=O) groups excluding carboxylic acids is 3. The lowest BCUT2D eigenvalue weighted by molar-refractivity contribution is -0.125. The van der Waals surface area contributed by atoms with Gasteiger partial charge in [0.05, 0.1) is 18.7 Å². The van der Waals surface area contributed by atoms with Crippen molar-refractivity contribution in [1.29, 1.82) is 0 Å². The number of hydrogen-bond donors (Lipinski definition) is 2. The molecule has 0 bridgehead atoms. The van der Waals surface area contributed by atoms with Crippen molar-refractivity contribution in [2.45, 2.75) is 38.3 Å². The third kappa shape index (κ3) is 4.47. The molecule has 2 N–H and O–H groups in total. The van der Waals surface area contributed by atoms with Crippen LogP contribution >= 0.6 is 0 Å². The first-order chi connectivity index (χ1) is 14.9. The topological polar surface area (TPSA) is 97.0 Å². The molecule has 8 heteroatoms. The summed E-state index contributed by atoms with van der Waals surface area (Å²) in [7, 11) is 0. The van der Waals surface area contributed by atoms with Gasteiger partial charge in [0, 0.05) is 0 Å². The Morgan fingerprint density at radius 3 is 2.55 bits per heavy atom. The lowest BCUT2D eigenvalue weighted by Gasteiger charge is -2.26. The molecule has 2 atom stereocenters. The van der Waals surface area contributed by atoms with Gasteiger partial charge in [-0.3, -0.25) is 9.59 Å². The Morgan fingerprint density at radius 1 is 1.13 bits per heavy atom. The summed E-state index contributed by atoms with van der Waals surface area (Å²) >= 11 is 0. The Balaban J connectivity index is 1.31. The molecule has 0 aromatic heterocycles. The van der Waals surface area contributed by atoms with Crippen LogP contribution in [-0.2, 0) is 9.59 Å². The predicted molar refractivity (Wildman–Crippen MR) is 114 cm³/mol. The maximum absolute atomic E-state index is 12.7. The van der Waals surface area contributed by atoms with E-state index >= 15 is 0 Å². The minimum absolute atomic E-state index is 0.144. The number of nitrogens with zero attached hydrogens (tertiary/aromatic N) is 1. The molecule has 4 amide bonds. The molecule has 1 saturated heterocycles. The number of hydrogen-bond acceptors (Lipinski definition) is 5. The van der Waals surface area contributed by atoms with E-state index in [0.29, 0.717) is 29.7 Å². The minimum atomic E-state index is -0.901. The quantitative estimate of drug-likeness (QED) is 0.696. The van der Waals surface area contributed by atoms with Gasteiger partial charge in [0.1, 0.15) is 18.8 Å². The van der Waals surface area contributed by atoms with Gasteiger partial charge in [-0.05, 0) is 35.7 Å². The van der Waals surface area contributed by atoms with Crippen LogP contribution in [0.15, 0.2) is 48.5 Å². The summed E-state index contributed by atoms with van der Waals surface area (Å²) in [6.07, 6.45) is -0.473. The summed E-state index contributed by atoms with van der Waals surface area (Å²) in [6, 6.07) is 13.2. The molecule has 8 nitrogen and oxygen atoms in total. The van der Waals surface area contributed by atoms with Crippen LogP contribution < -0.4 is 25.0 Å². The lowest BCUT2D eigenvalue weighted by atomic mass is 10.0. The first kappa shape index (κ1) is 20.7. The molecular weight excluding hydrogens is 398 g/mol. The highest BCUT2D eigenvalue weighted by Gasteiger charge is 2.40. The van der Waals surface area contributed by atoms with E-state index in [9.17, 15) is 14.4 Å². The van der Waals surface area contributed by atoms with Crippen molar-refractivity contribution in [3.05, 3.63) is 54.1 Å². The van der Waals surface area contributed by atoms with Gasteiger partial charge in [-0.1, -0.05) is 38.1 Å². The summed E-state index contributed by atoms with van der Waals surface area (Å²) in [4.78, 5) is 38.5. The largest absolute Gasteiger partial charge is 0.486 e. The number of rotatable bonds is 6. The molecule has 1 fully saturated rings. The zero-order valence-corrected chi connectivity index (χ0v) is 17.5. The van der Waals surface area contributed by atoms with Gasteiger partial charge in [-0.25, -0.2) is 9.69 Å². The number of ether oxygens (including phenoxy) is 2. The maximum Gasteiger partial charge on any atom is 0.329 e. The molecule has 2 aromatic rings. The van der Waals surface area contributed by atoms with Gasteiger partial charge in [0.2, 0.25) is 5.91 Å². The average molecular weight is 423 g/mol. The third-order valence-corrected chi connectivity index (χ3v) is 5.32. The molecule has 0 aliphatic carbocycles. The van der Waals surface area contributed by atoms with Crippen molar-refractivity contribution < 1.29 is 23.9 Å². The van der Waals surface area contributed by atoms with Gasteiger partial charge in [0.15, 0.2) is 11.5 Å². The lowest BCUT2D eigenvalue weighted by Crippen LogP contribution is -2.43. The van der Waals surface area contributed by atoms with Crippen LogP contribution in [0.25, 0.3) is 0 Å². The molecular formula is C23H25N3O5. The number of benzene rings is 2. The number of imide groups is 1. The van der Waals surface area contributed by atoms with Crippen LogP contribution in [0, 0.1) is 0 Å². The Labute approximate surface area is 180 Å². The van der Waals surface area contributed by atoms with Crippen LogP contribution in [0.2, 0.25) is 0 Å². The first-order valence-corrected chi connectivity index (χ1v) is 10.3. The summed E-state index contributed by atoms with van der Waals surface area (Å²) < 4.78 is 11.4. The fourth-order valence-corrected chi connectivity index (χ4v) is 3.57. The van der Waals surface area contributed by atoms with Gasteiger partial charge in [0.25, 0.3) is 5.91 Å². The Morgan fingerprint density at radius 2 is 1.84 bits per heavy atom. The van der Waals surface area contributed by atoms with Gasteiger partial charge in [-0.2, -0.15) is 0 Å². The second kappa shape index (κ2) is 8.67. The number of urea groups is 1. The standard InChI is InChI=1S/C23H25N3O5/c1-14(2)15-7-9-16(10-8-15)26-22(28)18(25-23(26)29)11-21(27)24-12-17-13-30-19-5-3-4-6-20(19)31-17/h3-10,14,17-18H,11-13H2,1-2H3,(H,24,27)(H,25,29)/t17-,18-/m1/s1. The van der Waals surface area contributed by atoms with Crippen molar-refractivity contribution in [1.82, 2.24) is 10.6 Å². The SMILES string of the molecule is CC(C)c1ccc(N2C(=O)N[C@H](CC(=O)NC[C@@H]3COc4ccccc4O3)C2=O)cc1. The van der Waals surface area contributed by atoms with E-state index in [1.807, 2.05) is 30.3 Å². The molecule has 2 aliphatic heterocycles. The average Bonchev–Trinajstić information content (AvgIpc) is 3.04. The van der Waals surface area contributed by atoms with E-state index < -0.39 is 18.0 Å². The highest BCUT2D eigenvalue weighted by atomic mass is 16.6. The number of para-hydroxylation sites is 2. The molecule has 0 spiro atoms. The highest BCUT2D eigenvalue weighted by Crippen LogP contribution is 2.30. The summed E-state index contributed by atoms with van der Waals surface area (Å²) in [5.41, 5.74) is 1.60. The second-order valence-electron chi connectivity index (χ2n) is 7.93. The van der Waals surface area contributed by atoms with Crippen LogP contribution in [0.3, 0.4) is 0 Å².